The molecule has 0 aliphatic carbocycles. The second-order valence-corrected chi connectivity index (χ2v) is 4.53. The second kappa shape index (κ2) is 5.77. The van der Waals surface area contributed by atoms with E-state index in [1.807, 2.05) is 5.32 Å². The molecule has 112 valence electrons. The van der Waals surface area contributed by atoms with Gasteiger partial charge in [0.05, 0.1) is 15.6 Å². The average molecular weight is 299 g/mol. The quantitative estimate of drug-likeness (QED) is 0.887. The first-order valence-electron chi connectivity index (χ1n) is 12.2. The van der Waals surface area contributed by atoms with Crippen molar-refractivity contribution in [3.63, 3.8) is 0 Å². The normalized spacial score (nSPS) is 33.7. The lowest BCUT2D eigenvalue weighted by Gasteiger charge is -2.09. The van der Waals surface area contributed by atoms with E-state index in [4.69, 9.17) is 16.4 Å². The maximum absolute atomic E-state index is 11.5. The molecule has 5 nitrogen and oxygen atoms in total. The monoisotopic (exact) mass is 299 g/mol. The van der Waals surface area contributed by atoms with E-state index in [1.165, 1.54) is 7.05 Å². The lowest BCUT2D eigenvalue weighted by atomic mass is 10.0. The van der Waals surface area contributed by atoms with Gasteiger partial charge in [0.1, 0.15) is 6.56 Å². The van der Waals surface area contributed by atoms with Gasteiger partial charge in [0.25, 0.3) is 0 Å². The number of aromatic nitrogens is 1. The molecule has 5 heteroatoms. The van der Waals surface area contributed by atoms with Crippen LogP contribution in [0.5, 0.6) is 0 Å². The summed E-state index contributed by atoms with van der Waals surface area (Å²) in [4.78, 5) is 14.8. The van der Waals surface area contributed by atoms with Crippen molar-refractivity contribution < 1.29 is 26.0 Å². The van der Waals surface area contributed by atoms with Gasteiger partial charge in [-0.05, 0) is 50.0 Å². The van der Waals surface area contributed by atoms with Gasteiger partial charge in [-0.15, -0.1) is 0 Å². The number of fused-ring (bicyclic) bond motifs is 1. The van der Waals surface area contributed by atoms with Crippen molar-refractivity contribution in [3.05, 3.63) is 35.4 Å². The molecular weight excluding hydrogens is 266 g/mol. The fourth-order valence-corrected chi connectivity index (χ4v) is 1.87. The zero-order valence-electron chi connectivity index (χ0n) is 23.2. The highest BCUT2D eigenvalue weighted by Gasteiger charge is 2.22. The molecule has 0 saturated carbocycles. The number of likely N-dealkylation sites (N-methyl/N-ethyl adjacent to an activating group) is 1. The van der Waals surface area contributed by atoms with Crippen LogP contribution in [0, 0.1) is 0 Å². The molecule has 1 atom stereocenters. The third-order valence-electron chi connectivity index (χ3n) is 2.79. The zero-order valence-corrected chi connectivity index (χ0v) is 11.2. The van der Waals surface area contributed by atoms with Crippen molar-refractivity contribution in [1.82, 2.24) is 15.2 Å². The van der Waals surface area contributed by atoms with E-state index in [-0.39, 0.29) is 16.5 Å². The van der Waals surface area contributed by atoms with Gasteiger partial charge in [-0.2, -0.15) is 0 Å². The summed E-state index contributed by atoms with van der Waals surface area (Å²) in [5.74, 6) is 0. The second-order valence-electron chi connectivity index (χ2n) is 4.53. The van der Waals surface area contributed by atoms with E-state index in [0.717, 1.165) is 4.90 Å². The number of rotatable bonds is 5. The van der Waals surface area contributed by atoms with Crippen molar-refractivity contribution in [2.75, 3.05) is 27.1 Å². The van der Waals surface area contributed by atoms with Gasteiger partial charge in [0.15, 0.2) is 0 Å². The van der Waals surface area contributed by atoms with Gasteiger partial charge in [0, 0.05) is 30.5 Å². The van der Waals surface area contributed by atoms with Crippen molar-refractivity contribution in [3.8, 4) is 0 Å². The van der Waals surface area contributed by atoms with E-state index in [9.17, 15) is 4.79 Å². The third-order valence-corrected chi connectivity index (χ3v) is 2.79. The number of alkyl carbamates (subject to hydrolysis) is 1. The Morgan fingerprint density at radius 3 is 3.38 bits per heavy atom. The molecular formula is C16H21N3O2. The number of hydrogen-bond acceptors (Lipinski definition) is 3. The van der Waals surface area contributed by atoms with Crippen LogP contribution < -0.4 is 5.32 Å². The van der Waals surface area contributed by atoms with Crippen LogP contribution in [0.25, 0.3) is 10.9 Å². The maximum Gasteiger partial charge on any atom is 0.407 e. The molecule has 0 spiro atoms. The van der Waals surface area contributed by atoms with E-state index in [1.54, 1.807) is 0 Å². The first kappa shape index (κ1) is 5.65. The largest absolute Gasteiger partial charge is 0.447 e. The number of benzene rings is 1. The van der Waals surface area contributed by atoms with Crippen LogP contribution in [-0.4, -0.2) is 49.1 Å². The van der Waals surface area contributed by atoms with Gasteiger partial charge in [-0.3, -0.25) is 0 Å². The number of hydrogen-bond donors (Lipinski definition) is 2. The minimum atomic E-state index is -2.82. The fraction of sp³-hybridized carbons (Fsp3) is 0.438. The summed E-state index contributed by atoms with van der Waals surface area (Å²) < 4.78 is 101. The molecule has 0 bridgehead atoms. The summed E-state index contributed by atoms with van der Waals surface area (Å²) in [6, 6.07) is -4.06. The molecule has 1 fully saturated rings. The Labute approximate surface area is 141 Å². The maximum atomic E-state index is 11.5. The van der Waals surface area contributed by atoms with Gasteiger partial charge in [-0.1, -0.05) is 6.04 Å². The van der Waals surface area contributed by atoms with E-state index in [2.05, 4.69) is 9.72 Å². The lowest BCUT2D eigenvalue weighted by Crippen LogP contribution is -2.28. The number of H-pyrrole nitrogens is 1. The number of carbonyl (C=O) groups is 1. The molecule has 0 unspecified atom stereocenters. The Balaban J connectivity index is 2.21. The van der Waals surface area contributed by atoms with Gasteiger partial charge >= 0.3 is 6.09 Å². The van der Waals surface area contributed by atoms with Gasteiger partial charge < -0.3 is 19.9 Å². The molecule has 0 radical (unpaired) electrons. The summed E-state index contributed by atoms with van der Waals surface area (Å²) in [5.41, 5.74) is -0.928. The van der Waals surface area contributed by atoms with Crippen LogP contribution in [0.2, 0.25) is 0 Å². The first-order chi connectivity index (χ1) is 14.8. The number of cyclic esters (lactones) is 1. The first-order valence-corrected chi connectivity index (χ1v) is 6.16. The fourth-order valence-electron chi connectivity index (χ4n) is 1.87. The van der Waals surface area contributed by atoms with Gasteiger partial charge in [0.2, 0.25) is 0 Å². The van der Waals surface area contributed by atoms with Crippen LogP contribution >= 0.6 is 0 Å². The molecule has 1 aromatic heterocycles. The van der Waals surface area contributed by atoms with E-state index in [0.29, 0.717) is 0 Å². The SMILES string of the molecule is [2H]c1[nH]c2c([2H])c([2H])c(C[C@]3([2H])NC(=O)OC3([2H])[2H])c([2H])c2c1C([2H])([2H])CN(C)C([2H])([2H])[2H]. The van der Waals surface area contributed by atoms with Crippen LogP contribution in [0.3, 0.4) is 0 Å². The number of ether oxygens (including phenoxy) is 1. The minimum Gasteiger partial charge on any atom is -0.447 e. The Hall–Kier alpha value is -2.01. The summed E-state index contributed by atoms with van der Waals surface area (Å²) in [6.45, 7) is -6.13. The highest BCUT2D eigenvalue weighted by atomic mass is 16.6. The number of amides is 1. The standard InChI is InChI=1S/C16H21N3O2/c1-19(2)6-5-12-9-17-15-4-3-11(8-14(12)15)7-13-10-21-16(20)18-13/h3-4,8-9,13,17H,5-7,10H2,1-2H3,(H,18,20)/t13-/m0/s1/i1D3,3D,4D,5D2,8D,9D,10D2,13D. The molecule has 21 heavy (non-hydrogen) atoms. The Kier molecular flexibility index (Phi) is 1.55. The molecule has 1 saturated heterocycles. The van der Waals surface area contributed by atoms with E-state index < -0.39 is 74.8 Å². The highest BCUT2D eigenvalue weighted by Crippen LogP contribution is 2.21. The molecule has 2 heterocycles. The molecule has 2 N–H and O–H groups in total. The minimum absolute atomic E-state index is 0.192. The summed E-state index contributed by atoms with van der Waals surface area (Å²) >= 11 is 0. The van der Waals surface area contributed by atoms with Crippen molar-refractivity contribution in [2.45, 2.75) is 18.8 Å². The van der Waals surface area contributed by atoms with Crippen molar-refractivity contribution in [1.29, 1.82) is 0 Å². The molecule has 2 aromatic rings. The molecule has 1 amide bonds. The summed E-state index contributed by atoms with van der Waals surface area (Å²) in [6.07, 6.45) is -4.94. The van der Waals surface area contributed by atoms with Crippen LogP contribution in [0.15, 0.2) is 24.3 Å². The summed E-state index contributed by atoms with van der Waals surface area (Å²) in [5, 5.41) is 1.74. The molecule has 1 aromatic carbocycles. The van der Waals surface area contributed by atoms with Crippen LogP contribution in [0.1, 0.15) is 27.6 Å². The Morgan fingerprint density at radius 1 is 1.71 bits per heavy atom. The average Bonchev–Trinajstić information content (AvgIpc) is 3.09. The number of carbonyl (C=O) groups excluding carboxylic acids is 1. The topological polar surface area (TPSA) is 57.4 Å². The predicted molar refractivity (Wildman–Crippen MR) is 82.5 cm³/mol. The lowest BCUT2D eigenvalue weighted by molar-refractivity contribution is 0.177. The van der Waals surface area contributed by atoms with Crippen molar-refractivity contribution in [2.24, 2.45) is 0 Å². The van der Waals surface area contributed by atoms with Crippen LogP contribution in [-0.2, 0) is 17.5 Å². The zero-order chi connectivity index (χ0) is 25.3. The Bertz CT molecular complexity index is 1130. The van der Waals surface area contributed by atoms with Gasteiger partial charge in [-0.25, -0.2) is 4.79 Å². The molecule has 3 rings (SSSR count). The number of aromatic amines is 1. The van der Waals surface area contributed by atoms with Crippen molar-refractivity contribution >= 4 is 17.0 Å². The smallest absolute Gasteiger partial charge is 0.407 e. The number of nitrogens with one attached hydrogen (secondary N) is 2. The third kappa shape index (κ3) is 3.19. The van der Waals surface area contributed by atoms with Crippen LogP contribution in [0.4, 0.5) is 4.79 Å². The number of nitrogens with zero attached hydrogens (tertiary/aromatic N) is 1. The predicted octanol–water partition coefficient (Wildman–Crippen LogP) is 1.92. The summed E-state index contributed by atoms with van der Waals surface area (Å²) in [7, 11) is 1.17. The molecule has 1 aliphatic rings. The van der Waals surface area contributed by atoms with E-state index >= 15 is 0 Å². The molecule has 1 aliphatic heterocycles. The Morgan fingerprint density at radius 2 is 2.62 bits per heavy atom. The highest BCUT2D eigenvalue weighted by molar-refractivity contribution is 5.84.